The number of aromatic hydroxyl groups is 1. The number of phenolic OH excluding ortho intramolecular Hbond substituents is 1. The zero-order valence-corrected chi connectivity index (χ0v) is 66.6. The molecule has 0 bridgehead atoms. The normalized spacial score (nSPS) is 17.2. The summed E-state index contributed by atoms with van der Waals surface area (Å²) in [5.41, 5.74) is 54.9. The van der Waals surface area contributed by atoms with Gasteiger partial charge in [-0.3, -0.25) is 62.7 Å². The van der Waals surface area contributed by atoms with Crippen LogP contribution in [-0.4, -0.2) is 226 Å². The number of aromatic nitrogens is 1. The van der Waals surface area contributed by atoms with Crippen LogP contribution >= 0.6 is 23.5 Å². The molecule has 0 unspecified atom stereocenters. The van der Waals surface area contributed by atoms with Crippen molar-refractivity contribution in [2.24, 2.45) is 73.4 Å². The molecule has 3 aliphatic rings. The van der Waals surface area contributed by atoms with E-state index in [2.05, 4.69) is 57.5 Å². The molecular weight excluding hydrogens is 1530 g/mol. The van der Waals surface area contributed by atoms with E-state index >= 15 is 0 Å². The molecule has 28 N–H and O–H groups in total. The van der Waals surface area contributed by atoms with Gasteiger partial charge in [0.1, 0.15) is 48.4 Å². The zero-order chi connectivity index (χ0) is 83.7. The summed E-state index contributed by atoms with van der Waals surface area (Å²) in [7, 11) is 2.76. The van der Waals surface area contributed by atoms with Crippen molar-refractivity contribution in [2.45, 2.75) is 163 Å². The lowest BCUT2D eigenvalue weighted by molar-refractivity contribution is -0.151. The molecule has 7 rings (SSSR count). The minimum Gasteiger partial charge on any atom is -0.502 e. The number of esters is 2. The smallest absolute Gasteiger partial charge is 0.316 e. The highest BCUT2D eigenvalue weighted by atomic mass is 32.2. The molecule has 40 heteroatoms. The fraction of sp³-hybridized carbons (Fsp3) is 0.560. The van der Waals surface area contributed by atoms with E-state index in [9.17, 15) is 57.8 Å². The molecule has 0 saturated carbocycles. The fourth-order valence-electron chi connectivity index (χ4n) is 13.7. The number of methoxy groups -OCH3 is 2. The summed E-state index contributed by atoms with van der Waals surface area (Å²) in [5, 5.41) is 33.4. The third kappa shape index (κ3) is 27.3. The van der Waals surface area contributed by atoms with Crippen molar-refractivity contribution in [1.82, 2.24) is 47.5 Å². The maximum atomic E-state index is 14.9. The van der Waals surface area contributed by atoms with E-state index in [0.717, 1.165) is 22.7 Å². The number of fused-ring (bicyclic) bond motifs is 4. The van der Waals surface area contributed by atoms with Gasteiger partial charge in [0.2, 0.25) is 65.7 Å². The van der Waals surface area contributed by atoms with Gasteiger partial charge >= 0.3 is 11.9 Å². The Hall–Kier alpha value is -10.5. The van der Waals surface area contributed by atoms with E-state index in [-0.39, 0.29) is 151 Å². The number of primary amides is 1. The average molecular weight is 1650 g/mol. The highest BCUT2D eigenvalue weighted by molar-refractivity contribution is 8.00. The predicted octanol–water partition coefficient (Wildman–Crippen LogP) is -1.93. The average Bonchev–Trinajstić information content (AvgIpc) is 1.66. The first-order chi connectivity index (χ1) is 55.2. The molecule has 3 aromatic carbocycles. The van der Waals surface area contributed by atoms with E-state index in [1.54, 1.807) is 36.7 Å². The molecular formula is C75H112N20O18S2. The van der Waals surface area contributed by atoms with Gasteiger partial charge in [-0.05, 0) is 169 Å². The van der Waals surface area contributed by atoms with E-state index in [1.165, 1.54) is 26.0 Å². The number of guanidine groups is 2. The zero-order valence-electron chi connectivity index (χ0n) is 65.0. The molecule has 1 fully saturated rings. The minimum atomic E-state index is -1.41. The van der Waals surface area contributed by atoms with Crippen molar-refractivity contribution >= 4 is 111 Å². The summed E-state index contributed by atoms with van der Waals surface area (Å²) < 4.78 is 34.1. The Balaban J connectivity index is 1.01. The summed E-state index contributed by atoms with van der Waals surface area (Å²) in [6.45, 7) is 0.487. The summed E-state index contributed by atoms with van der Waals surface area (Å²) in [4.78, 5) is 166. The molecule has 0 spiro atoms. The van der Waals surface area contributed by atoms with Crippen LogP contribution in [0.3, 0.4) is 0 Å². The fourth-order valence-corrected chi connectivity index (χ4v) is 14.9. The Morgan fingerprint density at radius 3 is 1.62 bits per heavy atom. The Labute approximate surface area is 674 Å². The van der Waals surface area contributed by atoms with Crippen molar-refractivity contribution in [1.29, 1.82) is 0 Å². The number of ether oxygens (including phenoxy) is 6. The second-order valence-corrected chi connectivity index (χ2v) is 30.0. The number of nitrogens with two attached hydrogens (primary N) is 9. The quantitative estimate of drug-likeness (QED) is 0.00991. The maximum Gasteiger partial charge on any atom is 0.316 e. The van der Waals surface area contributed by atoms with E-state index in [4.69, 9.17) is 80.0 Å². The van der Waals surface area contributed by atoms with Crippen molar-refractivity contribution < 1.29 is 86.3 Å². The van der Waals surface area contributed by atoms with Crippen LogP contribution in [-0.2, 0) is 68.6 Å². The molecule has 1 aliphatic carbocycles. The molecule has 3 heterocycles. The van der Waals surface area contributed by atoms with Crippen LogP contribution in [0.4, 0.5) is 0 Å². The number of hydrogen-bond donors (Lipinski definition) is 19. The molecule has 1 saturated heterocycles. The van der Waals surface area contributed by atoms with E-state index in [1.807, 2.05) is 24.3 Å². The van der Waals surface area contributed by atoms with Crippen molar-refractivity contribution in [3.8, 4) is 28.7 Å². The van der Waals surface area contributed by atoms with E-state index < -0.39 is 137 Å². The van der Waals surface area contributed by atoms with Crippen LogP contribution in [0.15, 0.2) is 64.7 Å². The molecule has 4 aromatic rings. The van der Waals surface area contributed by atoms with Gasteiger partial charge < -0.3 is 133 Å². The highest BCUT2D eigenvalue weighted by Gasteiger charge is 2.54. The summed E-state index contributed by atoms with van der Waals surface area (Å²) in [5.74, 6) is -10.2. The molecule has 1 aromatic heterocycles. The van der Waals surface area contributed by atoms with Gasteiger partial charge in [0.05, 0.1) is 38.5 Å². The molecule has 12 atom stereocenters. The number of nitrogens with one attached hydrogen (secondary N) is 9. The van der Waals surface area contributed by atoms with Crippen LogP contribution in [0.2, 0.25) is 0 Å². The minimum absolute atomic E-state index is 0.00845. The molecule has 38 nitrogen and oxygen atoms in total. The van der Waals surface area contributed by atoms with Crippen LogP contribution in [0.25, 0.3) is 10.9 Å². The molecule has 9 amide bonds. The number of amides is 9. The monoisotopic (exact) mass is 1640 g/mol. The SMILES string of the molecule is COc1cc([C@@H]2c3cc4c(cc3[C@@H](OC(=O)CSC[C@H](N)C(=O)NCCC(=O)N[C@@H](CCCN=C(N)N)C(=O)N[C@@H](CCCN=C(N)N)C(=O)N[C@@H](CCSC)C(=O)N[C@@H](CCCCN)C(=O)N[C@@H](Cc3c[nH]c5ccccc35)C(=O)N[C@@H](CCCCN)C(=O)N[C@@H](CCCCN)C(N)=O)[C@H]3COC(=O)[C@H]23)OCO4)cc(OC)c1O. The second kappa shape index (κ2) is 46.7. The molecule has 115 heavy (non-hydrogen) atoms. The maximum absolute atomic E-state index is 14.9. The topological polar surface area (TPSA) is 634 Å². The number of para-hydroxylation sites is 1. The lowest BCUT2D eigenvalue weighted by Gasteiger charge is -2.38. The van der Waals surface area contributed by atoms with Crippen LogP contribution in [0.5, 0.6) is 28.7 Å². The first-order valence-corrected chi connectivity index (χ1v) is 40.8. The van der Waals surface area contributed by atoms with Gasteiger partial charge in [-0.1, -0.05) is 18.2 Å². The number of nitrogens with zero attached hydrogens (tertiary/aromatic N) is 2. The third-order valence-corrected chi connectivity index (χ3v) is 21.3. The summed E-state index contributed by atoms with van der Waals surface area (Å²) in [6.07, 6.45) is 5.11. The van der Waals surface area contributed by atoms with Crippen molar-refractivity contribution in [3.05, 3.63) is 77.0 Å². The first-order valence-electron chi connectivity index (χ1n) is 38.3. The van der Waals surface area contributed by atoms with Gasteiger partial charge in [0.25, 0.3) is 0 Å². The number of carbonyl (C=O) groups is 11. The second-order valence-electron chi connectivity index (χ2n) is 28.0. The van der Waals surface area contributed by atoms with Crippen LogP contribution in [0.1, 0.15) is 131 Å². The molecule has 632 valence electrons. The largest absolute Gasteiger partial charge is 0.502 e. The number of rotatable bonds is 51. The number of phenols is 1. The number of cyclic esters (lactones) is 1. The predicted molar refractivity (Wildman–Crippen MR) is 432 cm³/mol. The summed E-state index contributed by atoms with van der Waals surface area (Å²) >= 11 is 2.35. The Morgan fingerprint density at radius 1 is 0.609 bits per heavy atom. The molecule has 0 radical (unpaired) electrons. The van der Waals surface area contributed by atoms with Gasteiger partial charge in [0.15, 0.2) is 34.9 Å². The van der Waals surface area contributed by atoms with Crippen molar-refractivity contribution in [3.63, 3.8) is 0 Å². The molecule has 2 aliphatic heterocycles. The number of H-pyrrole nitrogens is 1. The van der Waals surface area contributed by atoms with Gasteiger partial charge in [0, 0.05) is 72.7 Å². The van der Waals surface area contributed by atoms with Gasteiger partial charge in [-0.15, -0.1) is 11.8 Å². The number of carbonyl (C=O) groups excluding carboxylic acids is 11. The van der Waals surface area contributed by atoms with Crippen LogP contribution in [0, 0.1) is 11.8 Å². The number of thioether (sulfide) groups is 2. The third-order valence-electron chi connectivity index (χ3n) is 19.7. The lowest BCUT2D eigenvalue weighted by Crippen LogP contribution is -2.60. The standard InChI is InChI=1S/C75H112N20O18S2/c1-108-57-31-40(32-58(109-2)63(57)98)61-43-33-55-56(112-39-111-55)34-44(43)64(45-36-110-73(107)62(45)61)113-60(97)38-115-37-46(79)66(100)85-28-21-59(96)89-49(19-12-26-86-74(81)82)67(101)92-52(20-13-27-87-75(83)84)69(103)94-53(22-29-114-3)71(105)91-51(18-8-11-25-78)70(104)95-54(30-41-35-88-47-15-5-4-14-42(41)47)72(106)93-50(17-7-10-24-77)68(102)90-48(65(80)99)16-6-9-23-76/h4-5,14-15,31-35,45-46,48-54,61-62,64,88,98H,6-13,16-30,36-39,76-79H2,1-3H3,(H2,80,99)(H,85,100)(H,89,96)(H,90,102)(H,91,105)(H,92,101)(H,93,106)(H,94,103)(H,95,104)(H4,81,82,86)(H4,83,84,87)/t45-,46-,48-,49-,50-,51-,52-,53-,54-,61+,62-,64+/m0/s1. The Morgan fingerprint density at radius 2 is 1.10 bits per heavy atom. The highest BCUT2D eigenvalue weighted by Crippen LogP contribution is 2.56. The number of hydrogen-bond acceptors (Lipinski definition) is 26. The summed E-state index contributed by atoms with van der Waals surface area (Å²) in [6, 6.07) is 3.62. The Bertz CT molecular complexity index is 4030. The van der Waals surface area contributed by atoms with E-state index in [0.29, 0.717) is 84.6 Å². The number of aliphatic imine (C=N–C) groups is 2. The first kappa shape index (κ1) is 91.6. The lowest BCUT2D eigenvalue weighted by atomic mass is 9.66. The van der Waals surface area contributed by atoms with Crippen molar-refractivity contribution in [2.75, 3.05) is 90.4 Å². The van der Waals surface area contributed by atoms with Gasteiger partial charge in [-0.2, -0.15) is 11.8 Å². The number of unbranched alkanes of at least 4 members (excludes halogenated alkanes) is 3. The number of benzene rings is 3. The Kier molecular flexibility index (Phi) is 37.2. The van der Waals surface area contributed by atoms with Gasteiger partial charge in [-0.25, -0.2) is 0 Å². The van der Waals surface area contributed by atoms with Crippen LogP contribution < -0.4 is 113 Å². The number of aromatic amines is 1.